The number of nitrogens with zero attached hydrogens (tertiary/aromatic N) is 1. The van der Waals surface area contributed by atoms with Crippen molar-refractivity contribution in [3.63, 3.8) is 0 Å². The zero-order valence-corrected chi connectivity index (χ0v) is 5.77. The molecule has 0 spiro atoms. The second-order valence-corrected chi connectivity index (χ2v) is 3.24. The predicted molar refractivity (Wildman–Crippen MR) is 34.4 cm³/mol. The lowest BCUT2D eigenvalue weighted by atomic mass is 10.4. The standard InChI is InChI=1S/C6H8ClNO/c7-6(9)8-2-4-1-5(4)3-8/h4-5H,1-3H2. The molecule has 0 aromatic rings. The molecule has 50 valence electrons. The third kappa shape index (κ3) is 0.816. The number of rotatable bonds is 0. The lowest BCUT2D eigenvalue weighted by Gasteiger charge is -2.12. The summed E-state index contributed by atoms with van der Waals surface area (Å²) in [4.78, 5) is 12.2. The summed E-state index contributed by atoms with van der Waals surface area (Å²) in [5, 5.41) is -0.276. The second kappa shape index (κ2) is 1.63. The van der Waals surface area contributed by atoms with E-state index in [0.29, 0.717) is 0 Å². The highest BCUT2D eigenvalue weighted by molar-refractivity contribution is 6.62. The largest absolute Gasteiger partial charge is 0.329 e. The monoisotopic (exact) mass is 145 g/mol. The molecule has 3 heteroatoms. The van der Waals surface area contributed by atoms with E-state index in [1.165, 1.54) is 6.42 Å². The van der Waals surface area contributed by atoms with Gasteiger partial charge >= 0.3 is 5.37 Å². The van der Waals surface area contributed by atoms with E-state index < -0.39 is 0 Å². The first-order valence-electron chi connectivity index (χ1n) is 3.22. The second-order valence-electron chi connectivity index (χ2n) is 2.91. The van der Waals surface area contributed by atoms with E-state index in [0.717, 1.165) is 24.9 Å². The van der Waals surface area contributed by atoms with Crippen LogP contribution in [0, 0.1) is 11.8 Å². The summed E-state index contributed by atoms with van der Waals surface area (Å²) >= 11 is 5.26. The van der Waals surface area contributed by atoms with Crippen molar-refractivity contribution < 1.29 is 4.79 Å². The highest BCUT2D eigenvalue weighted by atomic mass is 35.5. The molecule has 0 aromatic carbocycles. The van der Waals surface area contributed by atoms with E-state index in [-0.39, 0.29) is 5.37 Å². The molecular formula is C6H8ClNO. The molecule has 2 rings (SSSR count). The van der Waals surface area contributed by atoms with E-state index in [4.69, 9.17) is 11.6 Å². The van der Waals surface area contributed by atoms with Crippen LogP contribution in [0.2, 0.25) is 0 Å². The molecule has 2 aliphatic rings. The maximum absolute atomic E-state index is 10.5. The van der Waals surface area contributed by atoms with Crippen molar-refractivity contribution in [1.29, 1.82) is 0 Å². The van der Waals surface area contributed by atoms with Gasteiger partial charge in [0.2, 0.25) is 0 Å². The topological polar surface area (TPSA) is 20.3 Å². The fourth-order valence-corrected chi connectivity index (χ4v) is 1.68. The van der Waals surface area contributed by atoms with Crippen LogP contribution in [0.5, 0.6) is 0 Å². The summed E-state index contributed by atoms with van der Waals surface area (Å²) in [7, 11) is 0. The van der Waals surface area contributed by atoms with Crippen LogP contribution in [-0.4, -0.2) is 23.4 Å². The van der Waals surface area contributed by atoms with Gasteiger partial charge in [0.15, 0.2) is 0 Å². The van der Waals surface area contributed by atoms with Crippen molar-refractivity contribution in [2.24, 2.45) is 11.8 Å². The average Bonchev–Trinajstić information content (AvgIpc) is 2.40. The molecule has 1 saturated heterocycles. The first-order valence-corrected chi connectivity index (χ1v) is 3.59. The van der Waals surface area contributed by atoms with Gasteiger partial charge in [-0.3, -0.25) is 4.79 Å². The fraction of sp³-hybridized carbons (Fsp3) is 0.833. The molecule has 1 aliphatic heterocycles. The lowest BCUT2D eigenvalue weighted by Crippen LogP contribution is -2.24. The number of fused-ring (bicyclic) bond motifs is 1. The van der Waals surface area contributed by atoms with Gasteiger partial charge in [-0.2, -0.15) is 0 Å². The molecular weight excluding hydrogens is 138 g/mol. The number of halogens is 1. The van der Waals surface area contributed by atoms with Crippen LogP contribution in [-0.2, 0) is 0 Å². The zero-order chi connectivity index (χ0) is 6.43. The van der Waals surface area contributed by atoms with Crippen molar-refractivity contribution in [2.75, 3.05) is 13.1 Å². The molecule has 0 bridgehead atoms. The molecule has 2 fully saturated rings. The molecule has 2 atom stereocenters. The summed E-state index contributed by atoms with van der Waals surface area (Å²) in [6.07, 6.45) is 1.32. The Kier molecular flexibility index (Phi) is 1.00. The van der Waals surface area contributed by atoms with Gasteiger partial charge in [0.1, 0.15) is 0 Å². The number of carbonyl (C=O) groups excluding carboxylic acids is 1. The third-order valence-corrected chi connectivity index (χ3v) is 2.47. The normalized spacial score (nSPS) is 38.6. The summed E-state index contributed by atoms with van der Waals surface area (Å²) < 4.78 is 0. The molecule has 1 aliphatic carbocycles. The van der Waals surface area contributed by atoms with Crippen molar-refractivity contribution in [3.05, 3.63) is 0 Å². The van der Waals surface area contributed by atoms with Gasteiger partial charge in [-0.05, 0) is 29.9 Å². The molecule has 0 aromatic heterocycles. The van der Waals surface area contributed by atoms with Crippen molar-refractivity contribution in [2.45, 2.75) is 6.42 Å². The Bertz CT molecular complexity index is 149. The Morgan fingerprint density at radius 1 is 1.44 bits per heavy atom. The van der Waals surface area contributed by atoms with Gasteiger partial charge in [-0.1, -0.05) is 0 Å². The van der Waals surface area contributed by atoms with Crippen LogP contribution in [0.25, 0.3) is 0 Å². The highest BCUT2D eigenvalue weighted by Crippen LogP contribution is 2.45. The predicted octanol–water partition coefficient (Wildman–Crippen LogP) is 1.30. The van der Waals surface area contributed by atoms with Gasteiger partial charge in [0.25, 0.3) is 0 Å². The van der Waals surface area contributed by atoms with E-state index >= 15 is 0 Å². The SMILES string of the molecule is O=C(Cl)N1CC2CC2C1. The zero-order valence-electron chi connectivity index (χ0n) is 5.01. The van der Waals surface area contributed by atoms with Crippen LogP contribution < -0.4 is 0 Å². The molecule has 2 unspecified atom stereocenters. The highest BCUT2D eigenvalue weighted by Gasteiger charge is 2.46. The van der Waals surface area contributed by atoms with Crippen molar-refractivity contribution in [3.8, 4) is 0 Å². The van der Waals surface area contributed by atoms with E-state index in [2.05, 4.69) is 0 Å². The van der Waals surface area contributed by atoms with Crippen LogP contribution in [0.4, 0.5) is 4.79 Å². The number of amides is 1. The first-order chi connectivity index (χ1) is 4.27. The first kappa shape index (κ1) is 5.54. The number of hydrogen-bond donors (Lipinski definition) is 0. The fourth-order valence-electron chi connectivity index (χ4n) is 1.54. The van der Waals surface area contributed by atoms with Gasteiger partial charge in [0.05, 0.1) is 0 Å². The van der Waals surface area contributed by atoms with Crippen LogP contribution in [0.3, 0.4) is 0 Å². The smallest absolute Gasteiger partial charge is 0.316 e. The Hall–Kier alpha value is -0.240. The van der Waals surface area contributed by atoms with Crippen molar-refractivity contribution in [1.82, 2.24) is 4.90 Å². The number of hydrogen-bond acceptors (Lipinski definition) is 1. The minimum atomic E-state index is -0.276. The number of carbonyl (C=O) groups is 1. The third-order valence-electron chi connectivity index (χ3n) is 2.23. The van der Waals surface area contributed by atoms with Crippen LogP contribution >= 0.6 is 11.6 Å². The Morgan fingerprint density at radius 3 is 2.33 bits per heavy atom. The molecule has 0 radical (unpaired) electrons. The Labute approximate surface area is 58.8 Å². The Balaban J connectivity index is 1.97. The lowest BCUT2D eigenvalue weighted by molar-refractivity contribution is 0.227. The van der Waals surface area contributed by atoms with Gasteiger partial charge in [-0.25, -0.2) is 0 Å². The molecule has 1 amide bonds. The van der Waals surface area contributed by atoms with E-state index in [9.17, 15) is 4.79 Å². The van der Waals surface area contributed by atoms with E-state index in [1.807, 2.05) is 0 Å². The molecule has 1 heterocycles. The molecule has 0 N–H and O–H groups in total. The number of likely N-dealkylation sites (tertiary alicyclic amines) is 1. The summed E-state index contributed by atoms with van der Waals surface area (Å²) in [6.45, 7) is 1.82. The van der Waals surface area contributed by atoms with Gasteiger partial charge < -0.3 is 4.90 Å². The summed E-state index contributed by atoms with van der Waals surface area (Å²) in [5.74, 6) is 1.60. The maximum Gasteiger partial charge on any atom is 0.316 e. The molecule has 1 saturated carbocycles. The van der Waals surface area contributed by atoms with Gasteiger partial charge in [0, 0.05) is 13.1 Å². The summed E-state index contributed by atoms with van der Waals surface area (Å²) in [5.41, 5.74) is 0. The van der Waals surface area contributed by atoms with Crippen molar-refractivity contribution >= 4 is 17.0 Å². The van der Waals surface area contributed by atoms with Crippen LogP contribution in [0.15, 0.2) is 0 Å². The summed E-state index contributed by atoms with van der Waals surface area (Å²) in [6, 6.07) is 0. The quantitative estimate of drug-likeness (QED) is 0.372. The average molecular weight is 146 g/mol. The molecule has 9 heavy (non-hydrogen) atoms. The van der Waals surface area contributed by atoms with Gasteiger partial charge in [-0.15, -0.1) is 0 Å². The minimum Gasteiger partial charge on any atom is -0.329 e. The van der Waals surface area contributed by atoms with E-state index in [1.54, 1.807) is 4.90 Å². The van der Waals surface area contributed by atoms with Crippen LogP contribution in [0.1, 0.15) is 6.42 Å². The minimum absolute atomic E-state index is 0.276. The molecule has 2 nitrogen and oxygen atoms in total. The maximum atomic E-state index is 10.5. The Morgan fingerprint density at radius 2 is 2.00 bits per heavy atom. The number of piperidine rings is 1.